The fourth-order valence-electron chi connectivity index (χ4n) is 7.23. The Morgan fingerprint density at radius 2 is 1.46 bits per heavy atom. The Morgan fingerprint density at radius 1 is 0.838 bits per heavy atom. The van der Waals surface area contributed by atoms with Crippen LogP contribution in [0.1, 0.15) is 85.1 Å². The lowest BCUT2D eigenvalue weighted by Crippen LogP contribution is -2.61. The predicted molar refractivity (Wildman–Crippen MR) is 245 cm³/mol. The standard InChI is InChI=1S/C44H68N12O12/c1-8-24(4)38-41(66)52-28(13-15-32(45)58)39(64)54-31(18-33(46)59)40(65)53-29(42(67)56(7)22-37(63)55-44(6,19-23(2)3)43(68)49-20-34(47)60)14-16-35(61)48-21-36(62)51-30(25(5)50-38)17-26-9-11-27(57)12-10-26/h9-12,23-24,28-31,38,50,57H,5,8,13-22H2,1-4,6-7H3,(H2,45,58)(H2,46,59)(H2,47,60)(H,48,61)(H,49,68)(H,51,62)(H,52,66)(H,53,65)(H,54,64)(H,55,63)/t24-,28-,29-,30-,31-,38-,44-/m0/s1. The van der Waals surface area contributed by atoms with Crippen molar-refractivity contribution in [3.05, 3.63) is 42.1 Å². The van der Waals surface area contributed by atoms with Crippen molar-refractivity contribution in [1.82, 2.24) is 47.4 Å². The molecule has 0 aliphatic carbocycles. The van der Waals surface area contributed by atoms with Crippen molar-refractivity contribution in [3.8, 4) is 5.75 Å². The summed E-state index contributed by atoms with van der Waals surface area (Å²) in [6, 6.07) is -0.906. The van der Waals surface area contributed by atoms with Crippen molar-refractivity contribution in [1.29, 1.82) is 0 Å². The smallest absolute Gasteiger partial charge is 0.245 e. The molecular formula is C44H68N12O12. The second-order valence-corrected chi connectivity index (χ2v) is 17.5. The summed E-state index contributed by atoms with van der Waals surface area (Å²) in [6.45, 7) is 10.8. The van der Waals surface area contributed by atoms with E-state index < -0.39 is 152 Å². The SMILES string of the molecule is C=C1N[C@@H]([C@@H](C)CC)C(=O)N[C@@H](CCC(N)=O)C(=O)N[C@@H](CC(N)=O)C(=O)N[C@H](C(=O)N(C)CC(=O)N[C@@](C)(CC(C)C)C(=O)NCC(N)=O)CCC(=O)NCC(=O)N[C@H]1Cc1ccc(O)cc1. The Labute approximate surface area is 394 Å². The molecule has 0 bridgehead atoms. The van der Waals surface area contributed by atoms with Gasteiger partial charge in [0.15, 0.2) is 0 Å². The van der Waals surface area contributed by atoms with E-state index in [0.29, 0.717) is 12.0 Å². The molecule has 0 unspecified atom stereocenters. The minimum atomic E-state index is -1.79. The first kappa shape index (κ1) is 56.9. The summed E-state index contributed by atoms with van der Waals surface area (Å²) >= 11 is 0. The third-order valence-electron chi connectivity index (χ3n) is 11.0. The molecule has 24 nitrogen and oxygen atoms in total. The number of carbonyl (C=O) groups excluding carboxylic acids is 11. The summed E-state index contributed by atoms with van der Waals surface area (Å²) in [7, 11) is 1.20. The number of nitrogens with two attached hydrogens (primary N) is 3. The van der Waals surface area contributed by atoms with Crippen molar-refractivity contribution < 1.29 is 57.8 Å². The molecule has 7 atom stereocenters. The van der Waals surface area contributed by atoms with Crippen LogP contribution in [0, 0.1) is 11.8 Å². The van der Waals surface area contributed by atoms with E-state index in [-0.39, 0.29) is 36.6 Å². The van der Waals surface area contributed by atoms with Crippen LogP contribution in [0.15, 0.2) is 36.5 Å². The van der Waals surface area contributed by atoms with Gasteiger partial charge in [0.1, 0.15) is 35.5 Å². The molecule has 376 valence electrons. The highest BCUT2D eigenvalue weighted by Gasteiger charge is 2.38. The van der Waals surface area contributed by atoms with Gasteiger partial charge in [0.2, 0.25) is 65.0 Å². The maximum atomic E-state index is 14.1. The number of benzene rings is 1. The van der Waals surface area contributed by atoms with E-state index in [1.807, 2.05) is 0 Å². The van der Waals surface area contributed by atoms with Gasteiger partial charge in [0.05, 0.1) is 32.1 Å². The quantitative estimate of drug-likeness (QED) is 0.0679. The molecular weight excluding hydrogens is 889 g/mol. The molecule has 0 radical (unpaired) electrons. The molecule has 15 N–H and O–H groups in total. The zero-order chi connectivity index (χ0) is 51.5. The number of nitrogens with one attached hydrogen (secondary N) is 8. The fraction of sp³-hybridized carbons (Fsp3) is 0.568. The van der Waals surface area contributed by atoms with Crippen molar-refractivity contribution in [2.24, 2.45) is 29.0 Å². The van der Waals surface area contributed by atoms with Gasteiger partial charge in [0.25, 0.3) is 0 Å². The van der Waals surface area contributed by atoms with Gasteiger partial charge in [-0.15, -0.1) is 0 Å². The second kappa shape index (κ2) is 26.8. The average molecular weight is 957 g/mol. The molecule has 1 aromatic rings. The van der Waals surface area contributed by atoms with Crippen LogP contribution in [-0.4, -0.2) is 137 Å². The first-order chi connectivity index (χ1) is 31.7. The Balaban J connectivity index is 2.61. The summed E-state index contributed by atoms with van der Waals surface area (Å²) in [6.07, 6.45) is -1.92. The lowest BCUT2D eigenvalue weighted by Gasteiger charge is -2.32. The van der Waals surface area contributed by atoms with Crippen LogP contribution < -0.4 is 59.7 Å². The van der Waals surface area contributed by atoms with E-state index >= 15 is 0 Å². The minimum Gasteiger partial charge on any atom is -0.508 e. The molecule has 24 heteroatoms. The first-order valence-electron chi connectivity index (χ1n) is 22.1. The van der Waals surface area contributed by atoms with E-state index in [0.717, 1.165) is 4.90 Å². The number of phenols is 1. The zero-order valence-electron chi connectivity index (χ0n) is 39.5. The van der Waals surface area contributed by atoms with Gasteiger partial charge >= 0.3 is 0 Å². The molecule has 1 aromatic carbocycles. The van der Waals surface area contributed by atoms with Crippen LogP contribution in [0.25, 0.3) is 0 Å². The number of amides is 11. The normalized spacial score (nSPS) is 21.4. The van der Waals surface area contributed by atoms with Gasteiger partial charge < -0.3 is 69.7 Å². The monoisotopic (exact) mass is 957 g/mol. The van der Waals surface area contributed by atoms with E-state index in [4.69, 9.17) is 17.2 Å². The molecule has 1 heterocycles. The fourth-order valence-corrected chi connectivity index (χ4v) is 7.23. The predicted octanol–water partition coefficient (Wildman–Crippen LogP) is -3.58. The van der Waals surface area contributed by atoms with Gasteiger partial charge in [-0.1, -0.05) is 52.8 Å². The maximum absolute atomic E-state index is 14.1. The van der Waals surface area contributed by atoms with E-state index in [1.165, 1.54) is 26.1 Å². The van der Waals surface area contributed by atoms with E-state index in [2.05, 4.69) is 49.1 Å². The molecule has 1 fully saturated rings. The molecule has 2 rings (SSSR count). The molecule has 1 aliphatic rings. The summed E-state index contributed by atoms with van der Waals surface area (Å²) in [5.74, 6) is -10.2. The Kier molecular flexibility index (Phi) is 22.4. The summed E-state index contributed by atoms with van der Waals surface area (Å²) in [5, 5.41) is 30.5. The highest BCUT2D eigenvalue weighted by atomic mass is 16.3. The van der Waals surface area contributed by atoms with Gasteiger partial charge in [-0.25, -0.2) is 0 Å². The van der Waals surface area contributed by atoms with Crippen LogP contribution in [0.4, 0.5) is 0 Å². The number of hydrogen-bond acceptors (Lipinski definition) is 13. The second-order valence-electron chi connectivity index (χ2n) is 17.5. The van der Waals surface area contributed by atoms with Crippen molar-refractivity contribution in [3.63, 3.8) is 0 Å². The van der Waals surface area contributed by atoms with E-state index in [1.54, 1.807) is 39.8 Å². The van der Waals surface area contributed by atoms with E-state index in [9.17, 15) is 57.8 Å². The summed E-state index contributed by atoms with van der Waals surface area (Å²) < 4.78 is 0. The van der Waals surface area contributed by atoms with Crippen molar-refractivity contribution in [2.75, 3.05) is 26.7 Å². The third kappa shape index (κ3) is 19.3. The molecule has 1 aliphatic heterocycles. The lowest BCUT2D eigenvalue weighted by atomic mass is 9.89. The molecule has 11 amide bonds. The third-order valence-corrected chi connectivity index (χ3v) is 11.0. The van der Waals surface area contributed by atoms with Crippen LogP contribution in [-0.2, 0) is 59.2 Å². The molecule has 1 saturated heterocycles. The van der Waals surface area contributed by atoms with Crippen LogP contribution in [0.5, 0.6) is 5.75 Å². The largest absolute Gasteiger partial charge is 0.508 e. The van der Waals surface area contributed by atoms with Crippen LogP contribution in [0.2, 0.25) is 0 Å². The minimum absolute atomic E-state index is 0.0102. The number of hydrogen-bond donors (Lipinski definition) is 12. The van der Waals surface area contributed by atoms with Crippen LogP contribution >= 0.6 is 0 Å². The average Bonchev–Trinajstić information content (AvgIpc) is 3.25. The summed E-state index contributed by atoms with van der Waals surface area (Å²) in [5.41, 5.74) is 15.3. The Bertz CT molecular complexity index is 2050. The van der Waals surface area contributed by atoms with Gasteiger partial charge in [0, 0.05) is 25.6 Å². The Hall–Kier alpha value is -7.27. The topological polar surface area (TPSA) is 386 Å². The molecule has 68 heavy (non-hydrogen) atoms. The first-order valence-corrected chi connectivity index (χ1v) is 22.1. The number of likely N-dealkylation sites (N-methyl/N-ethyl adjacent to an activating group) is 1. The summed E-state index contributed by atoms with van der Waals surface area (Å²) in [4.78, 5) is 146. The molecule has 0 spiro atoms. The van der Waals surface area contributed by atoms with Crippen LogP contribution in [0.3, 0.4) is 0 Å². The number of aromatic hydroxyl groups is 1. The lowest BCUT2D eigenvalue weighted by molar-refractivity contribution is -0.141. The highest BCUT2D eigenvalue weighted by Crippen LogP contribution is 2.19. The zero-order valence-corrected chi connectivity index (χ0v) is 39.5. The van der Waals surface area contributed by atoms with Crippen molar-refractivity contribution in [2.45, 2.75) is 122 Å². The van der Waals surface area contributed by atoms with Crippen molar-refractivity contribution >= 4 is 65.0 Å². The number of carbonyl (C=O) groups is 11. The van der Waals surface area contributed by atoms with Gasteiger partial charge in [-0.05, 0) is 62.1 Å². The van der Waals surface area contributed by atoms with Gasteiger partial charge in [-0.3, -0.25) is 52.7 Å². The Morgan fingerprint density at radius 3 is 2.03 bits per heavy atom. The molecule has 0 saturated carbocycles. The number of phenolic OH excluding ortho intramolecular Hbond substituents is 1. The maximum Gasteiger partial charge on any atom is 0.245 e. The molecule has 0 aromatic heterocycles. The number of rotatable bonds is 18. The number of primary amides is 3. The highest BCUT2D eigenvalue weighted by molar-refractivity contribution is 5.98. The number of nitrogens with zero attached hydrogens (tertiary/aromatic N) is 1. The van der Waals surface area contributed by atoms with Gasteiger partial charge in [-0.2, -0.15) is 0 Å².